The van der Waals surface area contributed by atoms with Crippen LogP contribution in [0, 0.1) is 0 Å². The van der Waals surface area contributed by atoms with E-state index in [0.717, 1.165) is 31.4 Å². The fourth-order valence-electron chi connectivity index (χ4n) is 3.07. The van der Waals surface area contributed by atoms with E-state index in [1.54, 1.807) is 6.20 Å². The van der Waals surface area contributed by atoms with Crippen molar-refractivity contribution in [1.82, 2.24) is 10.3 Å². The Bertz CT molecular complexity index is 451. The smallest absolute Gasteiger partial charge is 0.407 e. The number of unbranched alkanes of at least 4 members (excludes halogenated alkanes) is 8. The first-order chi connectivity index (χ1) is 12.8. The normalized spacial score (nSPS) is 11.9. The van der Waals surface area contributed by atoms with Crippen LogP contribution in [0.15, 0.2) is 24.4 Å². The Labute approximate surface area is 160 Å². The SMILES string of the molecule is CCCCCCCCCC(CCCCC)OC(=O)NCc1ccccn1. The molecular weight excluding hydrogens is 324 g/mol. The lowest BCUT2D eigenvalue weighted by atomic mass is 10.0. The van der Waals surface area contributed by atoms with Gasteiger partial charge in [-0.15, -0.1) is 0 Å². The molecule has 0 bridgehead atoms. The molecule has 0 aliphatic rings. The van der Waals surface area contributed by atoms with E-state index in [1.165, 1.54) is 51.4 Å². The predicted molar refractivity (Wildman–Crippen MR) is 108 cm³/mol. The van der Waals surface area contributed by atoms with Gasteiger partial charge >= 0.3 is 6.09 Å². The number of pyridine rings is 1. The van der Waals surface area contributed by atoms with Gasteiger partial charge in [-0.1, -0.05) is 71.3 Å². The van der Waals surface area contributed by atoms with Gasteiger partial charge in [0, 0.05) is 6.20 Å². The molecule has 0 saturated heterocycles. The van der Waals surface area contributed by atoms with Crippen LogP contribution in [0.5, 0.6) is 0 Å². The van der Waals surface area contributed by atoms with Gasteiger partial charge in [0.15, 0.2) is 0 Å². The van der Waals surface area contributed by atoms with E-state index >= 15 is 0 Å². The van der Waals surface area contributed by atoms with Gasteiger partial charge in [0.2, 0.25) is 0 Å². The molecule has 4 nitrogen and oxygen atoms in total. The number of amides is 1. The van der Waals surface area contributed by atoms with Crippen LogP contribution >= 0.6 is 0 Å². The molecule has 1 heterocycles. The van der Waals surface area contributed by atoms with E-state index in [0.29, 0.717) is 6.54 Å². The van der Waals surface area contributed by atoms with E-state index in [9.17, 15) is 4.79 Å². The number of hydrogen-bond acceptors (Lipinski definition) is 3. The van der Waals surface area contributed by atoms with Crippen molar-refractivity contribution in [3.05, 3.63) is 30.1 Å². The molecule has 1 unspecified atom stereocenters. The van der Waals surface area contributed by atoms with Gasteiger partial charge in [0.1, 0.15) is 6.10 Å². The Morgan fingerprint density at radius 1 is 0.962 bits per heavy atom. The molecule has 1 aromatic heterocycles. The number of alkyl carbamates (subject to hydrolysis) is 1. The Kier molecular flexibility index (Phi) is 13.5. The highest BCUT2D eigenvalue weighted by Gasteiger charge is 2.14. The lowest BCUT2D eigenvalue weighted by molar-refractivity contribution is 0.0837. The van der Waals surface area contributed by atoms with E-state index in [1.807, 2.05) is 18.2 Å². The summed E-state index contributed by atoms with van der Waals surface area (Å²) >= 11 is 0. The number of ether oxygens (including phenoxy) is 1. The van der Waals surface area contributed by atoms with Gasteiger partial charge in [-0.05, 0) is 37.8 Å². The Morgan fingerprint density at radius 2 is 1.58 bits per heavy atom. The van der Waals surface area contributed by atoms with Crippen molar-refractivity contribution in [3.63, 3.8) is 0 Å². The molecule has 4 heteroatoms. The summed E-state index contributed by atoms with van der Waals surface area (Å²) in [6.07, 6.45) is 15.9. The standard InChI is InChI=1S/C22H38N2O2/c1-3-5-7-8-9-10-12-17-21(16-11-6-4-2)26-22(25)24-19-20-15-13-14-18-23-20/h13-15,18,21H,3-12,16-17,19H2,1-2H3,(H,24,25). The highest BCUT2D eigenvalue weighted by Crippen LogP contribution is 2.16. The number of carbonyl (C=O) groups is 1. The van der Waals surface area contributed by atoms with Crippen LogP contribution in [-0.2, 0) is 11.3 Å². The predicted octanol–water partition coefficient (Wildman–Crippen LogP) is 6.40. The van der Waals surface area contributed by atoms with Crippen LogP contribution < -0.4 is 5.32 Å². The Balaban J connectivity index is 2.26. The number of nitrogens with zero attached hydrogens (tertiary/aromatic N) is 1. The molecule has 0 fully saturated rings. The molecule has 0 spiro atoms. The number of carbonyl (C=O) groups excluding carboxylic acids is 1. The summed E-state index contributed by atoms with van der Waals surface area (Å²) < 4.78 is 5.69. The number of nitrogens with one attached hydrogen (secondary N) is 1. The van der Waals surface area contributed by atoms with Crippen molar-refractivity contribution in [2.45, 2.75) is 104 Å². The number of hydrogen-bond donors (Lipinski definition) is 1. The molecule has 1 atom stereocenters. The molecule has 0 saturated carbocycles. The van der Waals surface area contributed by atoms with Crippen molar-refractivity contribution in [2.24, 2.45) is 0 Å². The second-order valence-electron chi connectivity index (χ2n) is 7.11. The molecule has 1 rings (SSSR count). The third kappa shape index (κ3) is 11.9. The van der Waals surface area contributed by atoms with Crippen LogP contribution in [0.4, 0.5) is 4.79 Å². The quantitative estimate of drug-likeness (QED) is 0.367. The first kappa shape index (κ1) is 22.5. The maximum Gasteiger partial charge on any atom is 0.407 e. The molecule has 1 amide bonds. The summed E-state index contributed by atoms with van der Waals surface area (Å²) in [5.41, 5.74) is 0.846. The summed E-state index contributed by atoms with van der Waals surface area (Å²) in [6.45, 7) is 4.86. The van der Waals surface area contributed by atoms with Crippen LogP contribution in [0.1, 0.15) is 96.6 Å². The third-order valence-corrected chi connectivity index (χ3v) is 4.67. The topological polar surface area (TPSA) is 51.2 Å². The molecule has 148 valence electrons. The van der Waals surface area contributed by atoms with E-state index in [4.69, 9.17) is 4.74 Å². The Morgan fingerprint density at radius 3 is 2.23 bits per heavy atom. The molecule has 0 aliphatic heterocycles. The second kappa shape index (κ2) is 15.7. The maximum atomic E-state index is 12.1. The monoisotopic (exact) mass is 362 g/mol. The number of aromatic nitrogens is 1. The van der Waals surface area contributed by atoms with Crippen LogP contribution in [-0.4, -0.2) is 17.2 Å². The molecule has 0 aromatic carbocycles. The minimum Gasteiger partial charge on any atom is -0.446 e. The van der Waals surface area contributed by atoms with Crippen LogP contribution in [0.3, 0.4) is 0 Å². The van der Waals surface area contributed by atoms with Crippen molar-refractivity contribution < 1.29 is 9.53 Å². The molecule has 1 N–H and O–H groups in total. The van der Waals surface area contributed by atoms with Crippen LogP contribution in [0.25, 0.3) is 0 Å². The van der Waals surface area contributed by atoms with Gasteiger partial charge in [-0.2, -0.15) is 0 Å². The van der Waals surface area contributed by atoms with E-state index < -0.39 is 0 Å². The highest BCUT2D eigenvalue weighted by molar-refractivity contribution is 5.67. The zero-order chi connectivity index (χ0) is 18.9. The summed E-state index contributed by atoms with van der Waals surface area (Å²) in [4.78, 5) is 16.3. The minimum atomic E-state index is -0.319. The van der Waals surface area contributed by atoms with Gasteiger partial charge in [-0.25, -0.2) is 4.79 Å². The van der Waals surface area contributed by atoms with Gasteiger partial charge in [0.05, 0.1) is 12.2 Å². The molecule has 26 heavy (non-hydrogen) atoms. The van der Waals surface area contributed by atoms with Crippen molar-refractivity contribution >= 4 is 6.09 Å². The van der Waals surface area contributed by atoms with Gasteiger partial charge in [-0.3, -0.25) is 4.98 Å². The van der Waals surface area contributed by atoms with E-state index in [2.05, 4.69) is 24.1 Å². The van der Waals surface area contributed by atoms with Gasteiger partial charge < -0.3 is 10.1 Å². The minimum absolute atomic E-state index is 0.0425. The zero-order valence-corrected chi connectivity index (χ0v) is 16.8. The van der Waals surface area contributed by atoms with Crippen LogP contribution in [0.2, 0.25) is 0 Å². The average molecular weight is 363 g/mol. The first-order valence-corrected chi connectivity index (χ1v) is 10.6. The maximum absolute atomic E-state index is 12.1. The summed E-state index contributed by atoms with van der Waals surface area (Å²) in [5.74, 6) is 0. The first-order valence-electron chi connectivity index (χ1n) is 10.6. The fraction of sp³-hybridized carbons (Fsp3) is 0.727. The average Bonchev–Trinajstić information content (AvgIpc) is 2.66. The Hall–Kier alpha value is -1.58. The molecule has 0 aliphatic carbocycles. The summed E-state index contributed by atoms with van der Waals surface area (Å²) in [7, 11) is 0. The molecular formula is C22H38N2O2. The van der Waals surface area contributed by atoms with Gasteiger partial charge in [0.25, 0.3) is 0 Å². The van der Waals surface area contributed by atoms with Crippen molar-refractivity contribution in [1.29, 1.82) is 0 Å². The summed E-state index contributed by atoms with van der Waals surface area (Å²) in [5, 5.41) is 2.82. The highest BCUT2D eigenvalue weighted by atomic mass is 16.6. The zero-order valence-electron chi connectivity index (χ0n) is 16.8. The van der Waals surface area contributed by atoms with E-state index in [-0.39, 0.29) is 12.2 Å². The molecule has 1 aromatic rings. The van der Waals surface area contributed by atoms with Crippen molar-refractivity contribution in [3.8, 4) is 0 Å². The molecule has 0 radical (unpaired) electrons. The van der Waals surface area contributed by atoms with Crippen molar-refractivity contribution in [2.75, 3.05) is 0 Å². The lowest BCUT2D eigenvalue weighted by Gasteiger charge is -2.18. The third-order valence-electron chi connectivity index (χ3n) is 4.67. The largest absolute Gasteiger partial charge is 0.446 e. The second-order valence-corrected chi connectivity index (χ2v) is 7.11. The summed E-state index contributed by atoms with van der Waals surface area (Å²) in [6, 6.07) is 5.69. The fourth-order valence-corrected chi connectivity index (χ4v) is 3.07. The lowest BCUT2D eigenvalue weighted by Crippen LogP contribution is -2.29. The number of rotatable bonds is 15.